The monoisotopic (exact) mass is 211 g/mol. The lowest BCUT2D eigenvalue weighted by atomic mass is 10.1. The van der Waals surface area contributed by atoms with Gasteiger partial charge in [0.15, 0.2) is 0 Å². The fourth-order valence-corrected chi connectivity index (χ4v) is 1.35. The van der Waals surface area contributed by atoms with Crippen LogP contribution in [-0.2, 0) is 0 Å². The molecular formula is C12H18FNO. The maximum Gasteiger partial charge on any atom is 0.126 e. The van der Waals surface area contributed by atoms with Gasteiger partial charge < -0.3 is 10.1 Å². The summed E-state index contributed by atoms with van der Waals surface area (Å²) in [6.07, 6.45) is 0. The molecule has 0 aromatic heterocycles. The van der Waals surface area contributed by atoms with Gasteiger partial charge in [-0.1, -0.05) is 19.9 Å². The van der Waals surface area contributed by atoms with Gasteiger partial charge in [-0.15, -0.1) is 0 Å². The SMILES string of the molecule is CNC(COc1cccc(F)c1)C(C)C. The summed E-state index contributed by atoms with van der Waals surface area (Å²) in [5.41, 5.74) is 0. The minimum atomic E-state index is -0.266. The van der Waals surface area contributed by atoms with E-state index in [9.17, 15) is 4.39 Å². The van der Waals surface area contributed by atoms with E-state index in [2.05, 4.69) is 19.2 Å². The summed E-state index contributed by atoms with van der Waals surface area (Å²) >= 11 is 0. The van der Waals surface area contributed by atoms with E-state index >= 15 is 0 Å². The smallest absolute Gasteiger partial charge is 0.126 e. The first kappa shape index (κ1) is 12.0. The van der Waals surface area contributed by atoms with Crippen molar-refractivity contribution in [3.8, 4) is 5.75 Å². The summed E-state index contributed by atoms with van der Waals surface area (Å²) in [6.45, 7) is 4.80. The zero-order valence-corrected chi connectivity index (χ0v) is 9.46. The van der Waals surface area contributed by atoms with E-state index in [1.807, 2.05) is 7.05 Å². The molecule has 1 rings (SSSR count). The Hall–Kier alpha value is -1.09. The second kappa shape index (κ2) is 5.71. The highest BCUT2D eigenvalue weighted by Gasteiger charge is 2.11. The molecule has 15 heavy (non-hydrogen) atoms. The third kappa shape index (κ3) is 3.88. The van der Waals surface area contributed by atoms with Crippen molar-refractivity contribution in [1.29, 1.82) is 0 Å². The lowest BCUT2D eigenvalue weighted by molar-refractivity contribution is 0.237. The molecule has 1 atom stereocenters. The van der Waals surface area contributed by atoms with E-state index in [1.165, 1.54) is 12.1 Å². The molecule has 3 heteroatoms. The molecule has 1 aromatic carbocycles. The lowest BCUT2D eigenvalue weighted by Crippen LogP contribution is -2.36. The van der Waals surface area contributed by atoms with Crippen molar-refractivity contribution in [3.63, 3.8) is 0 Å². The van der Waals surface area contributed by atoms with Gasteiger partial charge in [0.05, 0.1) is 0 Å². The molecule has 2 nitrogen and oxygen atoms in total. The highest BCUT2D eigenvalue weighted by Crippen LogP contribution is 2.13. The number of ether oxygens (including phenoxy) is 1. The number of hydrogen-bond acceptors (Lipinski definition) is 2. The van der Waals surface area contributed by atoms with Gasteiger partial charge in [0.25, 0.3) is 0 Å². The third-order valence-corrected chi connectivity index (χ3v) is 2.40. The summed E-state index contributed by atoms with van der Waals surface area (Å²) in [5.74, 6) is 0.803. The average molecular weight is 211 g/mol. The highest BCUT2D eigenvalue weighted by atomic mass is 19.1. The van der Waals surface area contributed by atoms with E-state index < -0.39 is 0 Å². The molecule has 0 spiro atoms. The number of nitrogens with one attached hydrogen (secondary N) is 1. The van der Waals surface area contributed by atoms with Gasteiger partial charge in [0.1, 0.15) is 18.2 Å². The van der Waals surface area contributed by atoms with Crippen LogP contribution in [0.1, 0.15) is 13.8 Å². The molecule has 0 amide bonds. The standard InChI is InChI=1S/C12H18FNO/c1-9(2)12(14-3)8-15-11-6-4-5-10(13)7-11/h4-7,9,12,14H,8H2,1-3H3. The lowest BCUT2D eigenvalue weighted by Gasteiger charge is -2.20. The van der Waals surface area contributed by atoms with Crippen LogP contribution < -0.4 is 10.1 Å². The Morgan fingerprint density at radius 3 is 2.67 bits per heavy atom. The Morgan fingerprint density at radius 2 is 2.13 bits per heavy atom. The van der Waals surface area contributed by atoms with Crippen LogP contribution in [0.3, 0.4) is 0 Å². The number of halogens is 1. The van der Waals surface area contributed by atoms with Gasteiger partial charge >= 0.3 is 0 Å². The molecule has 0 bridgehead atoms. The Balaban J connectivity index is 2.49. The van der Waals surface area contributed by atoms with Gasteiger partial charge in [-0.05, 0) is 25.1 Å². The second-order valence-corrected chi connectivity index (χ2v) is 3.91. The van der Waals surface area contributed by atoms with Crippen LogP contribution >= 0.6 is 0 Å². The Kier molecular flexibility index (Phi) is 4.56. The first-order chi connectivity index (χ1) is 7.13. The van der Waals surface area contributed by atoms with Crippen molar-refractivity contribution in [2.24, 2.45) is 5.92 Å². The fourth-order valence-electron chi connectivity index (χ4n) is 1.35. The fraction of sp³-hybridized carbons (Fsp3) is 0.500. The maximum atomic E-state index is 12.8. The number of rotatable bonds is 5. The molecular weight excluding hydrogens is 193 g/mol. The quantitative estimate of drug-likeness (QED) is 0.807. The van der Waals surface area contributed by atoms with Crippen LogP contribution in [0.15, 0.2) is 24.3 Å². The van der Waals surface area contributed by atoms with Crippen LogP contribution in [0.5, 0.6) is 5.75 Å². The second-order valence-electron chi connectivity index (χ2n) is 3.91. The number of likely N-dealkylation sites (N-methyl/N-ethyl adjacent to an activating group) is 1. The topological polar surface area (TPSA) is 21.3 Å². The van der Waals surface area contributed by atoms with E-state index in [1.54, 1.807) is 12.1 Å². The van der Waals surface area contributed by atoms with E-state index in [0.29, 0.717) is 18.3 Å². The van der Waals surface area contributed by atoms with Gasteiger partial charge in [0.2, 0.25) is 0 Å². The maximum absolute atomic E-state index is 12.8. The van der Waals surface area contributed by atoms with Crippen molar-refractivity contribution < 1.29 is 9.13 Å². The summed E-state index contributed by atoms with van der Waals surface area (Å²) in [4.78, 5) is 0. The Labute approximate surface area is 90.4 Å². The molecule has 0 aliphatic rings. The van der Waals surface area contributed by atoms with Gasteiger partial charge in [-0.3, -0.25) is 0 Å². The molecule has 0 aliphatic carbocycles. The average Bonchev–Trinajstić information content (AvgIpc) is 2.18. The van der Waals surface area contributed by atoms with E-state index in [-0.39, 0.29) is 11.9 Å². The molecule has 84 valence electrons. The van der Waals surface area contributed by atoms with Crippen LogP contribution in [0, 0.1) is 11.7 Å². The summed E-state index contributed by atoms with van der Waals surface area (Å²) in [6, 6.07) is 6.50. The molecule has 0 heterocycles. The van der Waals surface area contributed by atoms with Gasteiger partial charge in [-0.25, -0.2) is 4.39 Å². The Morgan fingerprint density at radius 1 is 1.40 bits per heavy atom. The van der Waals surface area contributed by atoms with Crippen LogP contribution in [0.2, 0.25) is 0 Å². The summed E-state index contributed by atoms with van der Waals surface area (Å²) in [5, 5.41) is 3.17. The molecule has 0 radical (unpaired) electrons. The van der Waals surface area contributed by atoms with Crippen molar-refractivity contribution >= 4 is 0 Å². The zero-order valence-electron chi connectivity index (χ0n) is 9.46. The summed E-state index contributed by atoms with van der Waals surface area (Å²) in [7, 11) is 1.90. The highest BCUT2D eigenvalue weighted by molar-refractivity contribution is 5.22. The van der Waals surface area contributed by atoms with Crippen LogP contribution in [0.25, 0.3) is 0 Å². The first-order valence-electron chi connectivity index (χ1n) is 5.19. The normalized spacial score (nSPS) is 12.9. The van der Waals surface area contributed by atoms with Gasteiger partial charge in [-0.2, -0.15) is 0 Å². The molecule has 0 saturated carbocycles. The van der Waals surface area contributed by atoms with Crippen LogP contribution in [-0.4, -0.2) is 19.7 Å². The van der Waals surface area contributed by atoms with Crippen molar-refractivity contribution in [1.82, 2.24) is 5.32 Å². The van der Waals surface area contributed by atoms with Crippen LogP contribution in [0.4, 0.5) is 4.39 Å². The molecule has 0 aliphatic heterocycles. The molecule has 1 unspecified atom stereocenters. The van der Waals surface area contributed by atoms with E-state index in [4.69, 9.17) is 4.74 Å². The number of hydrogen-bond donors (Lipinski definition) is 1. The minimum absolute atomic E-state index is 0.266. The minimum Gasteiger partial charge on any atom is -0.492 e. The predicted octanol–water partition coefficient (Wildman–Crippen LogP) is 2.45. The van der Waals surface area contributed by atoms with E-state index in [0.717, 1.165) is 0 Å². The van der Waals surface area contributed by atoms with Crippen molar-refractivity contribution in [3.05, 3.63) is 30.1 Å². The zero-order chi connectivity index (χ0) is 11.3. The molecule has 0 saturated heterocycles. The summed E-state index contributed by atoms with van der Waals surface area (Å²) < 4.78 is 18.3. The third-order valence-electron chi connectivity index (χ3n) is 2.40. The molecule has 1 N–H and O–H groups in total. The first-order valence-corrected chi connectivity index (χ1v) is 5.19. The molecule has 0 fully saturated rings. The number of benzene rings is 1. The van der Waals surface area contributed by atoms with Crippen molar-refractivity contribution in [2.45, 2.75) is 19.9 Å². The predicted molar refractivity (Wildman–Crippen MR) is 59.6 cm³/mol. The largest absolute Gasteiger partial charge is 0.492 e. The Bertz CT molecular complexity index is 301. The van der Waals surface area contributed by atoms with Gasteiger partial charge in [0, 0.05) is 12.1 Å². The van der Waals surface area contributed by atoms with Crippen molar-refractivity contribution in [2.75, 3.05) is 13.7 Å². The molecule has 1 aromatic rings.